The van der Waals surface area contributed by atoms with Gasteiger partial charge in [-0.25, -0.2) is 0 Å². The molecule has 2 unspecified atom stereocenters. The van der Waals surface area contributed by atoms with Crippen molar-refractivity contribution in [3.8, 4) is 0 Å². The lowest BCUT2D eigenvalue weighted by Crippen LogP contribution is -2.52. The van der Waals surface area contributed by atoms with Crippen LogP contribution in [0.5, 0.6) is 0 Å². The van der Waals surface area contributed by atoms with Crippen molar-refractivity contribution in [1.29, 1.82) is 0 Å². The molecular weight excluding hydrogens is 230 g/mol. The van der Waals surface area contributed by atoms with Crippen molar-refractivity contribution in [3.05, 3.63) is 0 Å². The molecule has 2 atom stereocenters. The van der Waals surface area contributed by atoms with E-state index in [4.69, 9.17) is 0 Å². The predicted octanol–water partition coefficient (Wildman–Crippen LogP) is 0.159. The van der Waals surface area contributed by atoms with Crippen LogP contribution in [0.3, 0.4) is 0 Å². The first-order valence-electron chi connectivity index (χ1n) is 6.95. The van der Waals surface area contributed by atoms with E-state index in [9.17, 15) is 9.59 Å². The van der Waals surface area contributed by atoms with E-state index in [0.717, 1.165) is 32.4 Å². The van der Waals surface area contributed by atoms with E-state index in [1.54, 1.807) is 0 Å². The summed E-state index contributed by atoms with van der Waals surface area (Å²) in [6.45, 7) is 3.27. The predicted molar refractivity (Wildman–Crippen MR) is 69.0 cm³/mol. The fraction of sp³-hybridized carbons (Fsp3) is 0.846. The molecule has 0 aromatic carbocycles. The molecule has 1 aliphatic carbocycles. The Labute approximate surface area is 108 Å². The normalized spacial score (nSPS) is 25.9. The highest BCUT2D eigenvalue weighted by Crippen LogP contribution is 2.28. The number of rotatable bonds is 4. The van der Waals surface area contributed by atoms with Gasteiger partial charge in [0, 0.05) is 19.5 Å². The number of carbonyl (C=O) groups is 2. The molecule has 1 saturated heterocycles. The highest BCUT2D eigenvalue weighted by atomic mass is 16.2. The first-order valence-corrected chi connectivity index (χ1v) is 6.95. The third-order valence-electron chi connectivity index (χ3n) is 3.92. The van der Waals surface area contributed by atoms with Crippen molar-refractivity contribution < 1.29 is 9.59 Å². The van der Waals surface area contributed by atoms with Gasteiger partial charge in [-0.05, 0) is 31.7 Å². The van der Waals surface area contributed by atoms with Crippen LogP contribution < -0.4 is 16.0 Å². The van der Waals surface area contributed by atoms with Gasteiger partial charge >= 0.3 is 0 Å². The SMILES string of the molecule is CC(=O)NC(C(=O)NC1CCNC1)C1CCCC1. The molecule has 2 aliphatic rings. The molecule has 1 aliphatic heterocycles. The van der Waals surface area contributed by atoms with Crippen LogP contribution in [0.1, 0.15) is 39.0 Å². The number of hydrogen-bond donors (Lipinski definition) is 3. The quantitative estimate of drug-likeness (QED) is 0.668. The van der Waals surface area contributed by atoms with Crippen LogP contribution in [0.4, 0.5) is 0 Å². The van der Waals surface area contributed by atoms with E-state index in [0.29, 0.717) is 5.92 Å². The topological polar surface area (TPSA) is 70.2 Å². The summed E-state index contributed by atoms with van der Waals surface area (Å²) < 4.78 is 0. The fourth-order valence-corrected chi connectivity index (χ4v) is 2.98. The summed E-state index contributed by atoms with van der Waals surface area (Å²) in [5.41, 5.74) is 0. The lowest BCUT2D eigenvalue weighted by atomic mass is 9.97. The second-order valence-electron chi connectivity index (χ2n) is 5.42. The van der Waals surface area contributed by atoms with Crippen LogP contribution >= 0.6 is 0 Å². The Hall–Kier alpha value is -1.10. The fourth-order valence-electron chi connectivity index (χ4n) is 2.98. The van der Waals surface area contributed by atoms with Crippen molar-refractivity contribution in [2.45, 2.75) is 51.1 Å². The summed E-state index contributed by atoms with van der Waals surface area (Å²) in [6, 6.07) is -0.124. The summed E-state index contributed by atoms with van der Waals surface area (Å²) in [6.07, 6.45) is 5.39. The third kappa shape index (κ3) is 3.45. The molecule has 102 valence electrons. The Morgan fingerprint density at radius 3 is 2.50 bits per heavy atom. The number of hydrogen-bond acceptors (Lipinski definition) is 3. The minimum absolute atomic E-state index is 0.00852. The van der Waals surface area contributed by atoms with Gasteiger partial charge in [-0.3, -0.25) is 9.59 Å². The molecule has 0 aromatic rings. The van der Waals surface area contributed by atoms with E-state index < -0.39 is 0 Å². The molecule has 0 aromatic heterocycles. The molecule has 0 bridgehead atoms. The largest absolute Gasteiger partial charge is 0.350 e. The molecule has 3 N–H and O–H groups in total. The zero-order valence-corrected chi connectivity index (χ0v) is 11.0. The average Bonchev–Trinajstić information content (AvgIpc) is 2.97. The van der Waals surface area contributed by atoms with Gasteiger partial charge in [0.15, 0.2) is 0 Å². The number of carbonyl (C=O) groups excluding carboxylic acids is 2. The van der Waals surface area contributed by atoms with Gasteiger partial charge in [0.05, 0.1) is 0 Å². The van der Waals surface area contributed by atoms with Gasteiger partial charge in [-0.15, -0.1) is 0 Å². The van der Waals surface area contributed by atoms with Crippen molar-refractivity contribution in [2.75, 3.05) is 13.1 Å². The summed E-state index contributed by atoms with van der Waals surface area (Å²) >= 11 is 0. The van der Waals surface area contributed by atoms with Crippen molar-refractivity contribution in [1.82, 2.24) is 16.0 Å². The van der Waals surface area contributed by atoms with Crippen LogP contribution in [-0.4, -0.2) is 37.0 Å². The van der Waals surface area contributed by atoms with Gasteiger partial charge in [0.1, 0.15) is 6.04 Å². The van der Waals surface area contributed by atoms with Crippen molar-refractivity contribution >= 4 is 11.8 Å². The van der Waals surface area contributed by atoms with Crippen LogP contribution in [0.2, 0.25) is 0 Å². The maximum atomic E-state index is 12.3. The first-order chi connectivity index (χ1) is 8.66. The zero-order chi connectivity index (χ0) is 13.0. The van der Waals surface area contributed by atoms with Gasteiger partial charge in [0.25, 0.3) is 0 Å². The van der Waals surface area contributed by atoms with E-state index in [-0.39, 0.29) is 23.9 Å². The van der Waals surface area contributed by atoms with E-state index in [2.05, 4.69) is 16.0 Å². The van der Waals surface area contributed by atoms with E-state index >= 15 is 0 Å². The molecule has 0 radical (unpaired) electrons. The third-order valence-corrected chi connectivity index (χ3v) is 3.92. The standard InChI is InChI=1S/C13H23N3O2/c1-9(17)15-12(10-4-2-3-5-10)13(18)16-11-6-7-14-8-11/h10-12,14H,2-8H2,1H3,(H,15,17)(H,16,18). The van der Waals surface area contributed by atoms with Crippen molar-refractivity contribution in [2.24, 2.45) is 5.92 Å². The van der Waals surface area contributed by atoms with Crippen molar-refractivity contribution in [3.63, 3.8) is 0 Å². The Morgan fingerprint density at radius 1 is 1.22 bits per heavy atom. The molecule has 2 rings (SSSR count). The Morgan fingerprint density at radius 2 is 1.94 bits per heavy atom. The summed E-state index contributed by atoms with van der Waals surface area (Å²) in [7, 11) is 0. The zero-order valence-electron chi connectivity index (χ0n) is 11.0. The second kappa shape index (κ2) is 6.18. The summed E-state index contributed by atoms with van der Waals surface area (Å²) in [4.78, 5) is 23.5. The van der Waals surface area contributed by atoms with Crippen LogP contribution in [0.15, 0.2) is 0 Å². The van der Waals surface area contributed by atoms with Crippen LogP contribution in [0, 0.1) is 5.92 Å². The molecule has 5 nitrogen and oxygen atoms in total. The first kappa shape index (κ1) is 13.3. The van der Waals surface area contributed by atoms with Crippen LogP contribution in [-0.2, 0) is 9.59 Å². The van der Waals surface area contributed by atoms with Gasteiger partial charge in [-0.2, -0.15) is 0 Å². The molecule has 5 heteroatoms. The van der Waals surface area contributed by atoms with E-state index in [1.807, 2.05) is 0 Å². The summed E-state index contributed by atoms with van der Waals surface area (Å²) in [5, 5.41) is 9.09. The minimum atomic E-state index is -0.342. The molecule has 2 amide bonds. The smallest absolute Gasteiger partial charge is 0.243 e. The lowest BCUT2D eigenvalue weighted by molar-refractivity contribution is -0.129. The minimum Gasteiger partial charge on any atom is -0.350 e. The van der Waals surface area contributed by atoms with Crippen LogP contribution in [0.25, 0.3) is 0 Å². The maximum Gasteiger partial charge on any atom is 0.243 e. The van der Waals surface area contributed by atoms with E-state index in [1.165, 1.54) is 19.8 Å². The maximum absolute atomic E-state index is 12.3. The Bertz CT molecular complexity index is 307. The number of amides is 2. The molecule has 0 spiro atoms. The number of nitrogens with one attached hydrogen (secondary N) is 3. The molecule has 1 heterocycles. The van der Waals surface area contributed by atoms with Gasteiger partial charge < -0.3 is 16.0 Å². The lowest BCUT2D eigenvalue weighted by Gasteiger charge is -2.25. The Kier molecular flexibility index (Phi) is 4.58. The second-order valence-corrected chi connectivity index (χ2v) is 5.42. The average molecular weight is 253 g/mol. The molecule has 2 fully saturated rings. The highest BCUT2D eigenvalue weighted by molar-refractivity contribution is 5.87. The molecule has 18 heavy (non-hydrogen) atoms. The summed E-state index contributed by atoms with van der Waals surface area (Å²) in [5.74, 6) is 0.181. The molecule has 1 saturated carbocycles. The molecular formula is C13H23N3O2. The van der Waals surface area contributed by atoms with Gasteiger partial charge in [0.2, 0.25) is 11.8 Å². The monoisotopic (exact) mass is 253 g/mol. The highest BCUT2D eigenvalue weighted by Gasteiger charge is 2.32. The Balaban J connectivity index is 1.93. The van der Waals surface area contributed by atoms with Gasteiger partial charge in [-0.1, -0.05) is 12.8 Å².